The summed E-state index contributed by atoms with van der Waals surface area (Å²) in [5, 5.41) is 7.34. The first-order valence-electron chi connectivity index (χ1n) is 10.7. The fourth-order valence-corrected chi connectivity index (χ4v) is 3.37. The molecule has 1 N–H and O–H groups in total. The minimum atomic E-state index is -0.0885. The van der Waals surface area contributed by atoms with E-state index in [2.05, 4.69) is 31.8 Å². The molecule has 0 saturated carbocycles. The Hall–Kier alpha value is -4.11. The summed E-state index contributed by atoms with van der Waals surface area (Å²) in [6, 6.07) is 17.2. The van der Waals surface area contributed by atoms with Gasteiger partial charge in [0.2, 0.25) is 0 Å². The second-order valence-corrected chi connectivity index (χ2v) is 7.42. The van der Waals surface area contributed by atoms with Crippen molar-refractivity contribution in [2.24, 2.45) is 0 Å². The average Bonchev–Trinajstić information content (AvgIpc) is 3.55. The molecule has 2 heterocycles. The van der Waals surface area contributed by atoms with E-state index >= 15 is 0 Å². The van der Waals surface area contributed by atoms with Gasteiger partial charge in [-0.2, -0.15) is 5.10 Å². The third-order valence-electron chi connectivity index (χ3n) is 5.06. The van der Waals surface area contributed by atoms with Gasteiger partial charge in [-0.1, -0.05) is 30.0 Å². The summed E-state index contributed by atoms with van der Waals surface area (Å²) in [6.07, 6.45) is 12.2. The Kier molecular flexibility index (Phi) is 7.12. The molecule has 1 amide bonds. The first-order chi connectivity index (χ1) is 15.8. The Bertz CT molecular complexity index is 1190. The standard InChI is InChI=1S/C26H25N5O/c32-26(28-14-5-2-6-17-30-19-16-27-21-30)24-12-13-25(31-18-7-15-29-31)23(20-24)11-10-22-8-3-1-4-9-22/h1,3-4,7-9,12-13,15-16,18-21H,2,5-6,14,17H2,(H,28,32). The van der Waals surface area contributed by atoms with Crippen molar-refractivity contribution in [2.75, 3.05) is 6.54 Å². The number of nitrogens with zero attached hydrogens (tertiary/aromatic N) is 4. The molecule has 4 aromatic rings. The third kappa shape index (κ3) is 5.73. The number of hydrogen-bond acceptors (Lipinski definition) is 3. The lowest BCUT2D eigenvalue weighted by Gasteiger charge is -2.09. The summed E-state index contributed by atoms with van der Waals surface area (Å²) in [5.41, 5.74) is 3.11. The van der Waals surface area contributed by atoms with Crippen molar-refractivity contribution in [3.63, 3.8) is 0 Å². The lowest BCUT2D eigenvalue weighted by molar-refractivity contribution is 0.0953. The van der Waals surface area contributed by atoms with Gasteiger partial charge in [-0.25, -0.2) is 9.67 Å². The van der Waals surface area contributed by atoms with E-state index in [1.807, 2.05) is 73.3 Å². The molecule has 0 aliphatic rings. The van der Waals surface area contributed by atoms with Crippen molar-refractivity contribution >= 4 is 5.91 Å². The quantitative estimate of drug-likeness (QED) is 0.343. The van der Waals surface area contributed by atoms with Crippen LogP contribution in [0, 0.1) is 11.8 Å². The van der Waals surface area contributed by atoms with E-state index in [0.29, 0.717) is 12.1 Å². The Balaban J connectivity index is 1.40. The summed E-state index contributed by atoms with van der Waals surface area (Å²) in [5.74, 6) is 6.30. The predicted molar refractivity (Wildman–Crippen MR) is 124 cm³/mol. The number of imidazole rings is 1. The first kappa shape index (κ1) is 21.1. The zero-order chi connectivity index (χ0) is 22.0. The molecular weight excluding hydrogens is 398 g/mol. The van der Waals surface area contributed by atoms with Crippen LogP contribution in [0.2, 0.25) is 0 Å². The molecule has 0 saturated heterocycles. The number of benzene rings is 2. The fraction of sp³-hybridized carbons (Fsp3) is 0.192. The lowest BCUT2D eigenvalue weighted by Crippen LogP contribution is -2.24. The molecule has 0 unspecified atom stereocenters. The number of rotatable bonds is 8. The van der Waals surface area contributed by atoms with E-state index in [9.17, 15) is 4.79 Å². The fourth-order valence-electron chi connectivity index (χ4n) is 3.37. The zero-order valence-corrected chi connectivity index (χ0v) is 17.8. The number of unbranched alkanes of at least 4 members (excludes halogenated alkanes) is 2. The van der Waals surface area contributed by atoms with Crippen molar-refractivity contribution in [3.8, 4) is 17.5 Å². The normalized spacial score (nSPS) is 10.4. The van der Waals surface area contributed by atoms with E-state index < -0.39 is 0 Å². The highest BCUT2D eigenvalue weighted by Gasteiger charge is 2.10. The van der Waals surface area contributed by atoms with Crippen LogP contribution in [0.15, 0.2) is 85.7 Å². The van der Waals surface area contributed by atoms with Gasteiger partial charge >= 0.3 is 0 Å². The number of amides is 1. The highest BCUT2D eigenvalue weighted by molar-refractivity contribution is 5.95. The van der Waals surface area contributed by atoms with Gasteiger partial charge in [0.1, 0.15) is 0 Å². The molecule has 0 radical (unpaired) electrons. The van der Waals surface area contributed by atoms with E-state index in [-0.39, 0.29) is 5.91 Å². The van der Waals surface area contributed by atoms with E-state index in [4.69, 9.17) is 0 Å². The first-order valence-corrected chi connectivity index (χ1v) is 10.7. The number of nitrogens with one attached hydrogen (secondary N) is 1. The number of hydrogen-bond donors (Lipinski definition) is 1. The van der Waals surface area contributed by atoms with E-state index in [1.54, 1.807) is 17.1 Å². The Morgan fingerprint density at radius 3 is 2.62 bits per heavy atom. The predicted octanol–water partition coefficient (Wildman–Crippen LogP) is 4.07. The molecule has 0 spiro atoms. The smallest absolute Gasteiger partial charge is 0.251 e. The summed E-state index contributed by atoms with van der Waals surface area (Å²) in [6.45, 7) is 1.60. The van der Waals surface area contributed by atoms with Crippen molar-refractivity contribution in [3.05, 3.63) is 102 Å². The molecule has 0 atom stereocenters. The van der Waals surface area contributed by atoms with E-state index in [1.165, 1.54) is 0 Å². The largest absolute Gasteiger partial charge is 0.352 e. The maximum Gasteiger partial charge on any atom is 0.251 e. The second-order valence-electron chi connectivity index (χ2n) is 7.42. The SMILES string of the molecule is O=C(NCCCCCn1ccnc1)c1ccc(-n2cccn2)c(C#Cc2ccccc2)c1. The monoisotopic (exact) mass is 423 g/mol. The van der Waals surface area contributed by atoms with Crippen LogP contribution >= 0.6 is 0 Å². The van der Waals surface area contributed by atoms with Crippen LogP contribution < -0.4 is 5.32 Å². The third-order valence-corrected chi connectivity index (χ3v) is 5.06. The van der Waals surface area contributed by atoms with Gasteiger partial charge in [-0.15, -0.1) is 0 Å². The van der Waals surface area contributed by atoms with Crippen LogP contribution in [0.1, 0.15) is 40.7 Å². The van der Waals surface area contributed by atoms with Crippen LogP contribution in [-0.2, 0) is 6.54 Å². The number of carbonyl (C=O) groups is 1. The summed E-state index contributed by atoms with van der Waals surface area (Å²) < 4.78 is 3.83. The molecule has 6 heteroatoms. The zero-order valence-electron chi connectivity index (χ0n) is 17.8. The van der Waals surface area contributed by atoms with Crippen LogP contribution in [0.3, 0.4) is 0 Å². The van der Waals surface area contributed by atoms with Gasteiger partial charge in [0.25, 0.3) is 5.91 Å². The molecule has 0 bridgehead atoms. The second kappa shape index (κ2) is 10.8. The molecule has 2 aromatic heterocycles. The minimum absolute atomic E-state index is 0.0885. The summed E-state index contributed by atoms with van der Waals surface area (Å²) in [4.78, 5) is 16.7. The Morgan fingerprint density at radius 1 is 0.938 bits per heavy atom. The van der Waals surface area contributed by atoms with Gasteiger partial charge in [0, 0.05) is 49.0 Å². The molecule has 0 fully saturated rings. The van der Waals surface area contributed by atoms with Gasteiger partial charge < -0.3 is 9.88 Å². The number of aromatic nitrogens is 4. The van der Waals surface area contributed by atoms with Crippen LogP contribution in [0.5, 0.6) is 0 Å². The van der Waals surface area contributed by atoms with Crippen LogP contribution in [0.25, 0.3) is 5.69 Å². The number of carbonyl (C=O) groups excluding carboxylic acids is 1. The van der Waals surface area contributed by atoms with Gasteiger partial charge in [0.05, 0.1) is 17.6 Å². The highest BCUT2D eigenvalue weighted by Crippen LogP contribution is 2.16. The van der Waals surface area contributed by atoms with Gasteiger partial charge in [-0.05, 0) is 55.7 Å². The van der Waals surface area contributed by atoms with Crippen molar-refractivity contribution in [2.45, 2.75) is 25.8 Å². The van der Waals surface area contributed by atoms with E-state index in [0.717, 1.165) is 42.6 Å². The Morgan fingerprint density at radius 2 is 1.84 bits per heavy atom. The molecule has 160 valence electrons. The molecule has 2 aromatic carbocycles. The molecular formula is C26H25N5O. The molecule has 6 nitrogen and oxygen atoms in total. The van der Waals surface area contributed by atoms with Crippen molar-refractivity contribution in [1.82, 2.24) is 24.6 Å². The summed E-state index contributed by atoms with van der Waals surface area (Å²) >= 11 is 0. The minimum Gasteiger partial charge on any atom is -0.352 e. The Labute approximate surface area is 187 Å². The van der Waals surface area contributed by atoms with Crippen molar-refractivity contribution < 1.29 is 4.79 Å². The summed E-state index contributed by atoms with van der Waals surface area (Å²) in [7, 11) is 0. The average molecular weight is 424 g/mol. The van der Waals surface area contributed by atoms with Crippen LogP contribution in [0.4, 0.5) is 0 Å². The highest BCUT2D eigenvalue weighted by atomic mass is 16.1. The maximum absolute atomic E-state index is 12.7. The molecule has 0 aliphatic carbocycles. The molecule has 4 rings (SSSR count). The van der Waals surface area contributed by atoms with Crippen molar-refractivity contribution in [1.29, 1.82) is 0 Å². The van der Waals surface area contributed by atoms with Gasteiger partial charge in [0.15, 0.2) is 0 Å². The van der Waals surface area contributed by atoms with Crippen LogP contribution in [-0.4, -0.2) is 31.8 Å². The maximum atomic E-state index is 12.7. The lowest BCUT2D eigenvalue weighted by atomic mass is 10.1. The topological polar surface area (TPSA) is 64.7 Å². The molecule has 0 aliphatic heterocycles. The number of aryl methyl sites for hydroxylation is 1. The molecule has 32 heavy (non-hydrogen) atoms. The van der Waals surface area contributed by atoms with Gasteiger partial charge in [-0.3, -0.25) is 4.79 Å².